The van der Waals surface area contributed by atoms with Crippen LogP contribution < -0.4 is 10.4 Å². The summed E-state index contributed by atoms with van der Waals surface area (Å²) in [5, 5.41) is 14.2. The van der Waals surface area contributed by atoms with Crippen molar-refractivity contribution in [3.63, 3.8) is 0 Å². The molecule has 1 N–H and O–H groups in total. The summed E-state index contributed by atoms with van der Waals surface area (Å²) < 4.78 is 0. The Bertz CT molecular complexity index is 607. The average Bonchev–Trinajstić information content (AvgIpc) is 2.57. The topological polar surface area (TPSA) is 69.2 Å². The van der Waals surface area contributed by atoms with E-state index in [0.29, 0.717) is 19.4 Å². The Kier molecular flexibility index (Phi) is 6.59. The van der Waals surface area contributed by atoms with Gasteiger partial charge in [-0.1, -0.05) is 41.5 Å². The Morgan fingerprint density at radius 3 is 2.29 bits per heavy atom. The standard InChI is InChI=1S/C20H27NO3/c1-14-12-17(18(20(23)24)13-15(14)2)19(22)21-11-7-6-10-16-8-4-3-5-9-16/h3-5,8-9,17-18H,6-7,10-13H2,1-2H3,(H,21,22)(H,23,24)/p-1. The van der Waals surface area contributed by atoms with E-state index in [0.717, 1.165) is 30.4 Å². The molecule has 0 heterocycles. The van der Waals surface area contributed by atoms with E-state index in [1.165, 1.54) is 5.56 Å². The monoisotopic (exact) mass is 328 g/mol. The predicted molar refractivity (Wildman–Crippen MR) is 92.0 cm³/mol. The molecule has 2 atom stereocenters. The van der Waals surface area contributed by atoms with Crippen LogP contribution in [0.3, 0.4) is 0 Å². The maximum atomic E-state index is 12.4. The average molecular weight is 328 g/mol. The van der Waals surface area contributed by atoms with Gasteiger partial charge in [0.2, 0.25) is 5.91 Å². The molecule has 130 valence electrons. The van der Waals surface area contributed by atoms with E-state index in [1.54, 1.807) is 0 Å². The molecule has 24 heavy (non-hydrogen) atoms. The second-order valence-corrected chi connectivity index (χ2v) is 6.73. The van der Waals surface area contributed by atoms with E-state index in [1.807, 2.05) is 32.0 Å². The number of unbranched alkanes of at least 4 members (excludes halogenated alkanes) is 1. The number of carboxylic acid groups (broad SMARTS) is 1. The summed E-state index contributed by atoms with van der Waals surface area (Å²) in [4.78, 5) is 23.7. The molecule has 2 rings (SSSR count). The molecule has 0 aromatic heterocycles. The molecule has 0 saturated carbocycles. The first-order valence-corrected chi connectivity index (χ1v) is 8.66. The Balaban J connectivity index is 1.78. The highest BCUT2D eigenvalue weighted by molar-refractivity contribution is 5.85. The van der Waals surface area contributed by atoms with Gasteiger partial charge < -0.3 is 15.2 Å². The Morgan fingerprint density at radius 1 is 1.04 bits per heavy atom. The number of nitrogens with one attached hydrogen (secondary N) is 1. The van der Waals surface area contributed by atoms with Crippen LogP contribution in [0.15, 0.2) is 41.5 Å². The Morgan fingerprint density at radius 2 is 1.67 bits per heavy atom. The Labute approximate surface area is 144 Å². The van der Waals surface area contributed by atoms with Crippen molar-refractivity contribution in [2.24, 2.45) is 11.8 Å². The van der Waals surface area contributed by atoms with Crippen molar-refractivity contribution in [3.8, 4) is 0 Å². The van der Waals surface area contributed by atoms with Crippen LogP contribution in [0.5, 0.6) is 0 Å². The summed E-state index contributed by atoms with van der Waals surface area (Å²) in [6.45, 7) is 4.49. The van der Waals surface area contributed by atoms with Crippen LogP contribution >= 0.6 is 0 Å². The number of hydrogen-bond donors (Lipinski definition) is 1. The van der Waals surface area contributed by atoms with Crippen LogP contribution in [0.1, 0.15) is 45.1 Å². The van der Waals surface area contributed by atoms with Gasteiger partial charge in [-0.15, -0.1) is 0 Å². The highest BCUT2D eigenvalue weighted by Gasteiger charge is 2.33. The molecule has 1 amide bonds. The van der Waals surface area contributed by atoms with Gasteiger partial charge in [-0.05, 0) is 51.5 Å². The summed E-state index contributed by atoms with van der Waals surface area (Å²) in [5.41, 5.74) is 3.48. The zero-order chi connectivity index (χ0) is 17.5. The molecule has 1 aliphatic carbocycles. The molecular formula is C20H26NO3-. The van der Waals surface area contributed by atoms with Gasteiger partial charge in [0.25, 0.3) is 0 Å². The van der Waals surface area contributed by atoms with Crippen molar-refractivity contribution in [3.05, 3.63) is 47.0 Å². The maximum absolute atomic E-state index is 12.4. The van der Waals surface area contributed by atoms with E-state index in [4.69, 9.17) is 0 Å². The zero-order valence-electron chi connectivity index (χ0n) is 14.5. The molecule has 0 saturated heterocycles. The van der Waals surface area contributed by atoms with Crippen molar-refractivity contribution >= 4 is 11.9 Å². The van der Waals surface area contributed by atoms with Crippen molar-refractivity contribution in [2.75, 3.05) is 6.54 Å². The van der Waals surface area contributed by atoms with Gasteiger partial charge in [-0.3, -0.25) is 4.79 Å². The molecule has 1 aromatic carbocycles. The number of hydrogen-bond acceptors (Lipinski definition) is 3. The number of carboxylic acids is 1. The van der Waals surface area contributed by atoms with Gasteiger partial charge >= 0.3 is 0 Å². The highest BCUT2D eigenvalue weighted by atomic mass is 16.4. The van der Waals surface area contributed by atoms with Gasteiger partial charge in [0.15, 0.2) is 0 Å². The Hall–Kier alpha value is -2.10. The number of amides is 1. The van der Waals surface area contributed by atoms with E-state index in [2.05, 4.69) is 17.4 Å². The van der Waals surface area contributed by atoms with Crippen LogP contribution in [0.4, 0.5) is 0 Å². The summed E-state index contributed by atoms with van der Waals surface area (Å²) in [7, 11) is 0. The van der Waals surface area contributed by atoms with Gasteiger partial charge in [0.1, 0.15) is 0 Å². The van der Waals surface area contributed by atoms with Crippen molar-refractivity contribution < 1.29 is 14.7 Å². The fourth-order valence-corrected chi connectivity index (χ4v) is 3.26. The first kappa shape index (κ1) is 18.2. The molecule has 0 radical (unpaired) electrons. The second-order valence-electron chi connectivity index (χ2n) is 6.73. The van der Waals surface area contributed by atoms with Crippen LogP contribution in [0.25, 0.3) is 0 Å². The fraction of sp³-hybridized carbons (Fsp3) is 0.500. The third kappa shape index (κ3) is 4.95. The van der Waals surface area contributed by atoms with Gasteiger partial charge in [-0.2, -0.15) is 0 Å². The minimum atomic E-state index is -1.12. The first-order chi connectivity index (χ1) is 11.5. The zero-order valence-corrected chi connectivity index (χ0v) is 14.5. The number of carbonyl (C=O) groups excluding carboxylic acids is 2. The summed E-state index contributed by atoms with van der Waals surface area (Å²) in [5.74, 6) is -2.49. The fourth-order valence-electron chi connectivity index (χ4n) is 3.26. The molecule has 1 aromatic rings. The van der Waals surface area contributed by atoms with Crippen LogP contribution in [0, 0.1) is 11.8 Å². The third-order valence-electron chi connectivity index (χ3n) is 4.94. The lowest BCUT2D eigenvalue weighted by Gasteiger charge is -2.32. The number of aryl methyl sites for hydroxylation is 1. The SMILES string of the molecule is CC1=C(C)CC(C(=O)NCCCCc2ccccc2)C(C(=O)[O-])C1. The largest absolute Gasteiger partial charge is 0.550 e. The minimum Gasteiger partial charge on any atom is -0.550 e. The van der Waals surface area contributed by atoms with Crippen LogP contribution in [-0.2, 0) is 16.0 Å². The molecule has 4 heteroatoms. The smallest absolute Gasteiger partial charge is 0.224 e. The summed E-state index contributed by atoms with van der Waals surface area (Å²) in [6.07, 6.45) is 3.80. The molecule has 0 bridgehead atoms. The molecular weight excluding hydrogens is 302 g/mol. The number of allylic oxidation sites excluding steroid dienone is 2. The normalized spacial score (nSPS) is 20.8. The van der Waals surface area contributed by atoms with Gasteiger partial charge in [-0.25, -0.2) is 0 Å². The molecule has 1 aliphatic rings. The van der Waals surface area contributed by atoms with E-state index < -0.39 is 17.8 Å². The van der Waals surface area contributed by atoms with Crippen LogP contribution in [0.2, 0.25) is 0 Å². The predicted octanol–water partition coefficient (Wildman–Crippen LogP) is 2.24. The molecule has 0 aliphatic heterocycles. The van der Waals surface area contributed by atoms with Crippen molar-refractivity contribution in [2.45, 2.75) is 46.0 Å². The van der Waals surface area contributed by atoms with Gasteiger partial charge in [0.05, 0.1) is 0 Å². The highest BCUT2D eigenvalue weighted by Crippen LogP contribution is 2.33. The second kappa shape index (κ2) is 8.67. The lowest BCUT2D eigenvalue weighted by atomic mass is 9.76. The lowest BCUT2D eigenvalue weighted by Crippen LogP contribution is -2.45. The van der Waals surface area contributed by atoms with Crippen molar-refractivity contribution in [1.82, 2.24) is 5.32 Å². The van der Waals surface area contributed by atoms with E-state index in [-0.39, 0.29) is 5.91 Å². The third-order valence-corrected chi connectivity index (χ3v) is 4.94. The van der Waals surface area contributed by atoms with Gasteiger partial charge in [0, 0.05) is 24.3 Å². The van der Waals surface area contributed by atoms with E-state index in [9.17, 15) is 14.7 Å². The number of aliphatic carboxylic acids is 1. The van der Waals surface area contributed by atoms with Crippen molar-refractivity contribution in [1.29, 1.82) is 0 Å². The lowest BCUT2D eigenvalue weighted by molar-refractivity contribution is -0.313. The summed E-state index contributed by atoms with van der Waals surface area (Å²) >= 11 is 0. The number of carbonyl (C=O) groups is 2. The van der Waals surface area contributed by atoms with E-state index >= 15 is 0 Å². The molecule has 0 spiro atoms. The number of rotatable bonds is 7. The minimum absolute atomic E-state index is 0.157. The molecule has 2 unspecified atom stereocenters. The quantitative estimate of drug-likeness (QED) is 0.616. The molecule has 4 nitrogen and oxygen atoms in total. The van der Waals surface area contributed by atoms with Crippen LogP contribution in [-0.4, -0.2) is 18.4 Å². The maximum Gasteiger partial charge on any atom is 0.224 e. The summed E-state index contributed by atoms with van der Waals surface area (Å²) in [6, 6.07) is 10.3. The number of benzene rings is 1. The molecule has 0 fully saturated rings. The first-order valence-electron chi connectivity index (χ1n) is 8.66.